The van der Waals surface area contributed by atoms with Gasteiger partial charge in [0.25, 0.3) is 5.91 Å². The van der Waals surface area contributed by atoms with Crippen molar-refractivity contribution < 1.29 is 14.5 Å². The molecule has 20 heavy (non-hydrogen) atoms. The summed E-state index contributed by atoms with van der Waals surface area (Å²) in [5, 5.41) is 11.7. The Hall–Kier alpha value is -1.63. The molecule has 1 atom stereocenters. The number of ether oxygens (including phenoxy) is 1. The van der Waals surface area contributed by atoms with E-state index in [9.17, 15) is 14.9 Å². The molecule has 1 aromatic rings. The van der Waals surface area contributed by atoms with Gasteiger partial charge in [0, 0.05) is 36.1 Å². The Balaban J connectivity index is 2.21. The monoisotopic (exact) mass is 342 g/mol. The highest BCUT2D eigenvalue weighted by Crippen LogP contribution is 2.29. The van der Waals surface area contributed by atoms with E-state index in [1.807, 2.05) is 0 Å². The van der Waals surface area contributed by atoms with E-state index in [0.717, 1.165) is 11.8 Å². The molecule has 0 saturated carbocycles. The molecule has 1 aliphatic heterocycles. The van der Waals surface area contributed by atoms with E-state index in [4.69, 9.17) is 4.74 Å². The summed E-state index contributed by atoms with van der Waals surface area (Å²) in [6.45, 7) is 1.43. The number of nitro benzene ring substituents is 1. The first kappa shape index (κ1) is 14.8. The molecule has 1 fully saturated rings. The maximum absolute atomic E-state index is 12.3. The Morgan fingerprint density at radius 3 is 2.90 bits per heavy atom. The molecule has 0 radical (unpaired) electrons. The van der Waals surface area contributed by atoms with E-state index in [0.29, 0.717) is 24.6 Å². The Kier molecular flexibility index (Phi) is 4.59. The normalized spacial score (nSPS) is 18.1. The Labute approximate surface area is 125 Å². The summed E-state index contributed by atoms with van der Waals surface area (Å²) in [6.07, 6.45) is 0.973. The highest BCUT2D eigenvalue weighted by Gasteiger charge is 2.27. The van der Waals surface area contributed by atoms with Crippen LogP contribution in [0.2, 0.25) is 0 Å². The first-order valence-corrected chi connectivity index (χ1v) is 7.36. The molecular weight excluding hydrogens is 328 g/mol. The van der Waals surface area contributed by atoms with Crippen LogP contribution in [0.15, 0.2) is 18.2 Å². The van der Waals surface area contributed by atoms with E-state index >= 15 is 0 Å². The van der Waals surface area contributed by atoms with Gasteiger partial charge < -0.3 is 9.64 Å². The maximum Gasteiger partial charge on any atom is 0.310 e. The molecule has 6 nitrogen and oxygen atoms in total. The fourth-order valence-corrected chi connectivity index (χ4v) is 2.82. The summed E-state index contributed by atoms with van der Waals surface area (Å²) < 4.78 is 4.98. The number of carbonyl (C=O) groups is 1. The molecule has 1 unspecified atom stereocenters. The Morgan fingerprint density at radius 1 is 1.60 bits per heavy atom. The van der Waals surface area contributed by atoms with Crippen LogP contribution in [0.1, 0.15) is 16.8 Å². The van der Waals surface area contributed by atoms with Crippen molar-refractivity contribution in [2.45, 2.75) is 6.42 Å². The largest absolute Gasteiger partial charge is 0.490 e. The van der Waals surface area contributed by atoms with Crippen LogP contribution in [0.4, 0.5) is 5.69 Å². The van der Waals surface area contributed by atoms with Gasteiger partial charge in [-0.05, 0) is 18.4 Å². The number of benzene rings is 1. The van der Waals surface area contributed by atoms with Gasteiger partial charge in [-0.15, -0.1) is 0 Å². The fourth-order valence-electron chi connectivity index (χ4n) is 2.29. The maximum atomic E-state index is 12.3. The van der Waals surface area contributed by atoms with Gasteiger partial charge in [0.1, 0.15) is 0 Å². The van der Waals surface area contributed by atoms with Gasteiger partial charge in [-0.2, -0.15) is 0 Å². The summed E-state index contributed by atoms with van der Waals surface area (Å²) in [5.74, 6) is 0.470. The molecule has 2 rings (SSSR count). The van der Waals surface area contributed by atoms with Crippen LogP contribution in [0.3, 0.4) is 0 Å². The summed E-state index contributed by atoms with van der Waals surface area (Å²) in [5.41, 5.74) is 0.284. The number of halogens is 1. The molecule has 0 N–H and O–H groups in total. The third kappa shape index (κ3) is 2.92. The van der Waals surface area contributed by atoms with E-state index < -0.39 is 4.92 Å². The molecular formula is C13H15BrN2O4. The minimum atomic E-state index is -0.524. The second-order valence-corrected chi connectivity index (χ2v) is 5.35. The summed E-state index contributed by atoms with van der Waals surface area (Å²) >= 11 is 3.42. The average Bonchev–Trinajstić information content (AvgIpc) is 2.94. The van der Waals surface area contributed by atoms with Crippen molar-refractivity contribution in [1.29, 1.82) is 0 Å². The van der Waals surface area contributed by atoms with Gasteiger partial charge in [0.05, 0.1) is 12.0 Å². The van der Waals surface area contributed by atoms with E-state index in [1.54, 1.807) is 4.90 Å². The SMILES string of the molecule is COc1cc(C(=O)N2CCC(CBr)C2)ccc1[N+](=O)[O-]. The van der Waals surface area contributed by atoms with Crippen molar-refractivity contribution in [3.8, 4) is 5.75 Å². The minimum Gasteiger partial charge on any atom is -0.490 e. The molecule has 1 aromatic carbocycles. The van der Waals surface area contributed by atoms with Crippen molar-refractivity contribution in [2.24, 2.45) is 5.92 Å². The number of carbonyl (C=O) groups excluding carboxylic acids is 1. The Bertz CT molecular complexity index is 535. The number of rotatable bonds is 4. The molecule has 1 aliphatic rings. The van der Waals surface area contributed by atoms with Gasteiger partial charge in [0.15, 0.2) is 5.75 Å². The van der Waals surface area contributed by atoms with Crippen molar-refractivity contribution in [3.63, 3.8) is 0 Å². The minimum absolute atomic E-state index is 0.108. The van der Waals surface area contributed by atoms with Crippen LogP contribution in [0, 0.1) is 16.0 Å². The van der Waals surface area contributed by atoms with Gasteiger partial charge in [-0.25, -0.2) is 0 Å². The molecule has 1 saturated heterocycles. The van der Waals surface area contributed by atoms with E-state index in [2.05, 4.69) is 15.9 Å². The fraction of sp³-hybridized carbons (Fsp3) is 0.462. The lowest BCUT2D eigenvalue weighted by Gasteiger charge is -2.16. The zero-order chi connectivity index (χ0) is 14.7. The zero-order valence-electron chi connectivity index (χ0n) is 11.0. The number of alkyl halides is 1. The average molecular weight is 343 g/mol. The third-order valence-corrected chi connectivity index (χ3v) is 4.33. The number of nitro groups is 1. The first-order valence-electron chi connectivity index (χ1n) is 6.24. The van der Waals surface area contributed by atoms with Crippen molar-refractivity contribution in [1.82, 2.24) is 4.90 Å². The molecule has 7 heteroatoms. The molecule has 0 spiro atoms. The van der Waals surface area contributed by atoms with Crippen LogP contribution in [0.25, 0.3) is 0 Å². The zero-order valence-corrected chi connectivity index (χ0v) is 12.6. The van der Waals surface area contributed by atoms with Crippen LogP contribution in [-0.4, -0.2) is 41.3 Å². The van der Waals surface area contributed by atoms with Crippen molar-refractivity contribution in [3.05, 3.63) is 33.9 Å². The molecule has 1 heterocycles. The topological polar surface area (TPSA) is 72.7 Å². The molecule has 0 aliphatic carbocycles. The van der Waals surface area contributed by atoms with Crippen LogP contribution in [-0.2, 0) is 0 Å². The molecule has 108 valence electrons. The predicted octanol–water partition coefficient (Wildman–Crippen LogP) is 2.46. The summed E-state index contributed by atoms with van der Waals surface area (Å²) in [7, 11) is 1.35. The Morgan fingerprint density at radius 2 is 2.35 bits per heavy atom. The number of methoxy groups -OCH3 is 1. The smallest absolute Gasteiger partial charge is 0.310 e. The number of hydrogen-bond donors (Lipinski definition) is 0. The van der Waals surface area contributed by atoms with E-state index in [1.165, 1.54) is 25.3 Å². The molecule has 0 aromatic heterocycles. The number of hydrogen-bond acceptors (Lipinski definition) is 4. The third-order valence-electron chi connectivity index (χ3n) is 3.41. The second-order valence-electron chi connectivity index (χ2n) is 4.70. The van der Waals surface area contributed by atoms with Crippen LogP contribution in [0.5, 0.6) is 5.75 Å². The number of likely N-dealkylation sites (tertiary alicyclic amines) is 1. The molecule has 0 bridgehead atoms. The number of nitrogens with zero attached hydrogens (tertiary/aromatic N) is 2. The number of amides is 1. The van der Waals surface area contributed by atoms with Gasteiger partial charge >= 0.3 is 5.69 Å². The van der Waals surface area contributed by atoms with Crippen LogP contribution >= 0.6 is 15.9 Å². The van der Waals surface area contributed by atoms with Gasteiger partial charge in [0.2, 0.25) is 0 Å². The lowest BCUT2D eigenvalue weighted by atomic mass is 10.1. The standard InChI is InChI=1S/C13H15BrN2O4/c1-20-12-6-10(2-3-11(12)16(18)19)13(17)15-5-4-9(7-14)8-15/h2-3,6,9H,4-5,7-8H2,1H3. The van der Waals surface area contributed by atoms with Crippen molar-refractivity contribution in [2.75, 3.05) is 25.5 Å². The van der Waals surface area contributed by atoms with Crippen molar-refractivity contribution >= 4 is 27.5 Å². The van der Waals surface area contributed by atoms with Crippen LogP contribution < -0.4 is 4.74 Å². The lowest BCUT2D eigenvalue weighted by molar-refractivity contribution is -0.385. The highest BCUT2D eigenvalue weighted by atomic mass is 79.9. The summed E-state index contributed by atoms with van der Waals surface area (Å²) in [4.78, 5) is 24.4. The predicted molar refractivity (Wildman–Crippen MR) is 77.5 cm³/mol. The van der Waals surface area contributed by atoms with Gasteiger partial charge in [-0.3, -0.25) is 14.9 Å². The van der Waals surface area contributed by atoms with Gasteiger partial charge in [-0.1, -0.05) is 15.9 Å². The lowest BCUT2D eigenvalue weighted by Crippen LogP contribution is -2.28. The highest BCUT2D eigenvalue weighted by molar-refractivity contribution is 9.09. The first-order chi connectivity index (χ1) is 9.56. The molecule has 1 amide bonds. The second kappa shape index (κ2) is 6.21. The quantitative estimate of drug-likeness (QED) is 0.478. The summed E-state index contributed by atoms with van der Waals surface area (Å²) in [6, 6.07) is 4.22. The van der Waals surface area contributed by atoms with E-state index in [-0.39, 0.29) is 17.3 Å².